The molecule has 0 saturated carbocycles. The molecule has 33 heavy (non-hydrogen) atoms. The van der Waals surface area contributed by atoms with Crippen molar-refractivity contribution in [1.29, 1.82) is 0 Å². The highest BCUT2D eigenvalue weighted by Gasteiger charge is 2.25. The van der Waals surface area contributed by atoms with Gasteiger partial charge < -0.3 is 24.9 Å². The minimum atomic E-state index is -1.34. The Bertz CT molecular complexity index is 1140. The van der Waals surface area contributed by atoms with Crippen molar-refractivity contribution in [2.75, 3.05) is 23.3 Å². The number of carboxylic acids is 1. The van der Waals surface area contributed by atoms with Crippen LogP contribution in [-0.4, -0.2) is 25.0 Å². The van der Waals surface area contributed by atoms with Gasteiger partial charge in [-0.1, -0.05) is 50.2 Å². The topological polar surface area (TPSA) is 81.7 Å². The maximum atomic E-state index is 13.0. The van der Waals surface area contributed by atoms with Crippen LogP contribution in [0.3, 0.4) is 0 Å². The maximum absolute atomic E-state index is 13.0. The fraction of sp³-hybridized carbons (Fsp3) is 0.259. The van der Waals surface area contributed by atoms with E-state index in [1.165, 1.54) is 18.6 Å². The molecule has 1 fully saturated rings. The summed E-state index contributed by atoms with van der Waals surface area (Å²) in [5, 5.41) is 14.1. The van der Waals surface area contributed by atoms with Crippen LogP contribution in [0.1, 0.15) is 41.0 Å². The second kappa shape index (κ2) is 9.77. The molecule has 6 nitrogen and oxygen atoms in total. The van der Waals surface area contributed by atoms with Crippen LogP contribution in [-0.2, 0) is 0 Å². The van der Waals surface area contributed by atoms with Crippen LogP contribution in [0.15, 0.2) is 72.8 Å². The molecule has 0 radical (unpaired) electrons. The number of piperidine rings is 1. The quantitative estimate of drug-likeness (QED) is 0.603. The van der Waals surface area contributed by atoms with Gasteiger partial charge in [-0.3, -0.25) is 4.79 Å². The Kier molecular flexibility index (Phi) is 6.63. The average molecular weight is 444 g/mol. The van der Waals surface area contributed by atoms with Gasteiger partial charge in [0.05, 0.1) is 17.3 Å². The van der Waals surface area contributed by atoms with Gasteiger partial charge in [0.1, 0.15) is 5.75 Å². The number of benzene rings is 3. The van der Waals surface area contributed by atoms with Gasteiger partial charge >= 0.3 is 0 Å². The summed E-state index contributed by atoms with van der Waals surface area (Å²) in [6.45, 7) is 6.33. The van der Waals surface area contributed by atoms with Gasteiger partial charge in [-0.25, -0.2) is 0 Å². The molecule has 1 aliphatic rings. The first-order valence-electron chi connectivity index (χ1n) is 11.1. The summed E-state index contributed by atoms with van der Waals surface area (Å²) >= 11 is 0. The molecule has 0 spiro atoms. The van der Waals surface area contributed by atoms with E-state index in [1.807, 2.05) is 36.4 Å². The highest BCUT2D eigenvalue weighted by Crippen LogP contribution is 2.37. The minimum absolute atomic E-state index is 0.0699. The SMILES string of the molecule is C[C@@H]1C[C@H](C)CN(c2ccc(C(=O)Nc3ccccc3C(=O)[O-])cc2Oc2ccccc2)C1. The Hall–Kier alpha value is -3.80. The van der Waals surface area contributed by atoms with Crippen molar-refractivity contribution in [2.45, 2.75) is 20.3 Å². The van der Waals surface area contributed by atoms with Gasteiger partial charge in [-0.15, -0.1) is 0 Å². The summed E-state index contributed by atoms with van der Waals surface area (Å²) in [5.41, 5.74) is 1.43. The Balaban J connectivity index is 1.66. The molecule has 1 amide bonds. The van der Waals surface area contributed by atoms with E-state index >= 15 is 0 Å². The molecule has 1 aliphatic heterocycles. The summed E-state index contributed by atoms with van der Waals surface area (Å²) in [7, 11) is 0. The Morgan fingerprint density at radius 2 is 1.61 bits per heavy atom. The fourth-order valence-electron chi connectivity index (χ4n) is 4.44. The number of aromatic carboxylic acids is 1. The average Bonchev–Trinajstić information content (AvgIpc) is 2.79. The molecule has 1 saturated heterocycles. The van der Waals surface area contributed by atoms with Gasteiger partial charge in [0.2, 0.25) is 0 Å². The largest absolute Gasteiger partial charge is 0.545 e. The third-order valence-electron chi connectivity index (χ3n) is 5.80. The summed E-state index contributed by atoms with van der Waals surface area (Å²) in [6, 6.07) is 21.0. The highest BCUT2D eigenvalue weighted by molar-refractivity contribution is 6.07. The lowest BCUT2D eigenvalue weighted by atomic mass is 9.91. The maximum Gasteiger partial charge on any atom is 0.255 e. The smallest absolute Gasteiger partial charge is 0.255 e. The van der Waals surface area contributed by atoms with E-state index in [2.05, 4.69) is 24.1 Å². The van der Waals surface area contributed by atoms with Gasteiger partial charge in [0.15, 0.2) is 5.75 Å². The number of hydrogen-bond donors (Lipinski definition) is 1. The lowest BCUT2D eigenvalue weighted by Gasteiger charge is -2.37. The number of ether oxygens (including phenoxy) is 1. The van der Waals surface area contributed by atoms with Crippen molar-refractivity contribution in [1.82, 2.24) is 0 Å². The molecule has 0 aliphatic carbocycles. The van der Waals surface area contributed by atoms with Crippen LogP contribution in [0.5, 0.6) is 11.5 Å². The number of rotatable bonds is 6. The van der Waals surface area contributed by atoms with Crippen molar-refractivity contribution in [3.8, 4) is 11.5 Å². The van der Waals surface area contributed by atoms with Crippen molar-refractivity contribution in [3.63, 3.8) is 0 Å². The summed E-state index contributed by atoms with van der Waals surface area (Å²) in [4.78, 5) is 26.7. The summed E-state index contributed by atoms with van der Waals surface area (Å²) in [6.07, 6.45) is 1.18. The predicted molar refractivity (Wildman–Crippen MR) is 127 cm³/mol. The molecule has 0 unspecified atom stereocenters. The number of hydrogen-bond acceptors (Lipinski definition) is 5. The molecule has 0 bridgehead atoms. The van der Waals surface area contributed by atoms with Gasteiger partial charge in [0.25, 0.3) is 5.91 Å². The number of anilines is 2. The van der Waals surface area contributed by atoms with Crippen LogP contribution in [0, 0.1) is 11.8 Å². The molecule has 0 aromatic heterocycles. The molecule has 2 atom stereocenters. The molecular formula is C27H27N2O4-. The number of nitrogens with zero attached hydrogens (tertiary/aromatic N) is 1. The van der Waals surface area contributed by atoms with Gasteiger partial charge in [-0.05, 0) is 54.7 Å². The second-order valence-corrected chi connectivity index (χ2v) is 8.74. The van der Waals surface area contributed by atoms with E-state index in [9.17, 15) is 14.7 Å². The fourth-order valence-corrected chi connectivity index (χ4v) is 4.44. The Morgan fingerprint density at radius 3 is 2.30 bits per heavy atom. The monoisotopic (exact) mass is 443 g/mol. The number of nitrogens with one attached hydrogen (secondary N) is 1. The van der Waals surface area contributed by atoms with Crippen LogP contribution < -0.4 is 20.1 Å². The van der Waals surface area contributed by atoms with Crippen LogP contribution >= 0.6 is 0 Å². The predicted octanol–water partition coefficient (Wildman–Crippen LogP) is 4.58. The number of carbonyl (C=O) groups excluding carboxylic acids is 2. The van der Waals surface area contributed by atoms with Crippen molar-refractivity contribution in [2.24, 2.45) is 11.8 Å². The van der Waals surface area contributed by atoms with E-state index in [-0.39, 0.29) is 11.3 Å². The van der Waals surface area contributed by atoms with E-state index in [0.717, 1.165) is 18.8 Å². The molecule has 1 N–H and O–H groups in total. The number of para-hydroxylation sites is 2. The normalized spacial score (nSPS) is 17.9. The van der Waals surface area contributed by atoms with Crippen LogP contribution in [0.2, 0.25) is 0 Å². The van der Waals surface area contributed by atoms with Crippen LogP contribution in [0.25, 0.3) is 0 Å². The molecule has 3 aromatic rings. The zero-order valence-electron chi connectivity index (χ0n) is 18.8. The highest BCUT2D eigenvalue weighted by atomic mass is 16.5. The summed E-state index contributed by atoms with van der Waals surface area (Å²) < 4.78 is 6.21. The van der Waals surface area contributed by atoms with Crippen LogP contribution in [0.4, 0.5) is 11.4 Å². The molecule has 4 rings (SSSR count). The van der Waals surface area contributed by atoms with Gasteiger partial charge in [0, 0.05) is 24.2 Å². The first-order valence-corrected chi connectivity index (χ1v) is 11.1. The van der Waals surface area contributed by atoms with E-state index in [1.54, 1.807) is 24.3 Å². The first-order chi connectivity index (χ1) is 15.9. The van der Waals surface area contributed by atoms with E-state index in [0.29, 0.717) is 28.9 Å². The molecule has 3 aromatic carbocycles. The number of carboxylic acid groups (broad SMARTS) is 1. The number of carbonyl (C=O) groups is 2. The molecule has 6 heteroatoms. The molecule has 1 heterocycles. The lowest BCUT2D eigenvalue weighted by Crippen LogP contribution is -2.38. The third-order valence-corrected chi connectivity index (χ3v) is 5.80. The van der Waals surface area contributed by atoms with Gasteiger partial charge in [-0.2, -0.15) is 0 Å². The second-order valence-electron chi connectivity index (χ2n) is 8.74. The third kappa shape index (κ3) is 5.34. The van der Waals surface area contributed by atoms with Crippen molar-refractivity contribution >= 4 is 23.3 Å². The summed E-state index contributed by atoms with van der Waals surface area (Å²) in [5.74, 6) is 0.612. The first kappa shape index (κ1) is 22.4. The van der Waals surface area contributed by atoms with E-state index < -0.39 is 11.9 Å². The molecular weight excluding hydrogens is 416 g/mol. The van der Waals surface area contributed by atoms with Crippen molar-refractivity contribution < 1.29 is 19.4 Å². The Morgan fingerprint density at radius 1 is 0.939 bits per heavy atom. The zero-order chi connectivity index (χ0) is 23.4. The molecule has 170 valence electrons. The lowest BCUT2D eigenvalue weighted by molar-refractivity contribution is -0.254. The zero-order valence-corrected chi connectivity index (χ0v) is 18.8. The van der Waals surface area contributed by atoms with Crippen molar-refractivity contribution in [3.05, 3.63) is 83.9 Å². The standard InChI is InChI=1S/C27H28N2O4/c1-18-14-19(2)17-29(16-18)24-13-12-20(15-25(24)33-21-8-4-3-5-9-21)26(30)28-23-11-7-6-10-22(23)27(31)32/h3-13,15,18-19H,14,16-17H2,1-2H3,(H,28,30)(H,31,32)/p-1/t18-,19+. The number of amides is 1. The Labute approximate surface area is 193 Å². The van der Waals surface area contributed by atoms with E-state index in [4.69, 9.17) is 4.74 Å². The minimum Gasteiger partial charge on any atom is -0.545 e.